The van der Waals surface area contributed by atoms with Gasteiger partial charge in [-0.15, -0.1) is 11.3 Å². The molecule has 0 aliphatic rings. The SMILES string of the molecule is COc1ccc(N(C)Cc2ccc(CN)s2)cc1. The van der Waals surface area contributed by atoms with Crippen LogP contribution in [0.1, 0.15) is 9.75 Å². The van der Waals surface area contributed by atoms with Crippen LogP contribution in [-0.4, -0.2) is 14.2 Å². The second-order valence-corrected chi connectivity index (χ2v) is 5.38. The minimum absolute atomic E-state index is 0.622. The smallest absolute Gasteiger partial charge is 0.119 e. The van der Waals surface area contributed by atoms with Crippen LogP contribution in [0, 0.1) is 0 Å². The van der Waals surface area contributed by atoms with Crippen molar-refractivity contribution in [2.75, 3.05) is 19.1 Å². The van der Waals surface area contributed by atoms with Crippen LogP contribution in [0.15, 0.2) is 36.4 Å². The summed E-state index contributed by atoms with van der Waals surface area (Å²) in [4.78, 5) is 4.77. The van der Waals surface area contributed by atoms with Crippen LogP contribution < -0.4 is 15.4 Å². The van der Waals surface area contributed by atoms with Crippen molar-refractivity contribution in [3.8, 4) is 5.75 Å². The fourth-order valence-electron chi connectivity index (χ4n) is 1.78. The number of thiophene rings is 1. The van der Waals surface area contributed by atoms with E-state index < -0.39 is 0 Å². The molecule has 18 heavy (non-hydrogen) atoms. The Balaban J connectivity index is 2.03. The summed E-state index contributed by atoms with van der Waals surface area (Å²) in [5.41, 5.74) is 6.80. The number of ether oxygens (including phenoxy) is 1. The van der Waals surface area contributed by atoms with E-state index in [1.807, 2.05) is 12.1 Å². The summed E-state index contributed by atoms with van der Waals surface area (Å²) in [5, 5.41) is 0. The Labute approximate surface area is 112 Å². The zero-order valence-electron chi connectivity index (χ0n) is 10.7. The molecule has 96 valence electrons. The highest BCUT2D eigenvalue weighted by Gasteiger charge is 2.04. The third kappa shape index (κ3) is 3.03. The summed E-state index contributed by atoms with van der Waals surface area (Å²) in [7, 11) is 3.77. The summed E-state index contributed by atoms with van der Waals surface area (Å²) < 4.78 is 5.15. The lowest BCUT2D eigenvalue weighted by molar-refractivity contribution is 0.415. The van der Waals surface area contributed by atoms with E-state index in [9.17, 15) is 0 Å². The van der Waals surface area contributed by atoms with Gasteiger partial charge in [0.1, 0.15) is 5.75 Å². The van der Waals surface area contributed by atoms with Gasteiger partial charge in [0.2, 0.25) is 0 Å². The molecule has 0 unspecified atom stereocenters. The summed E-state index contributed by atoms with van der Waals surface area (Å²) in [6, 6.07) is 12.3. The number of hydrogen-bond donors (Lipinski definition) is 1. The Bertz CT molecular complexity index is 493. The summed E-state index contributed by atoms with van der Waals surface area (Å²) >= 11 is 1.77. The molecule has 0 saturated carbocycles. The molecule has 0 saturated heterocycles. The van der Waals surface area contributed by atoms with Crippen LogP contribution in [0.5, 0.6) is 5.75 Å². The molecule has 0 aliphatic carbocycles. The van der Waals surface area contributed by atoms with Crippen molar-refractivity contribution in [1.29, 1.82) is 0 Å². The van der Waals surface area contributed by atoms with Crippen LogP contribution in [0.3, 0.4) is 0 Å². The van der Waals surface area contributed by atoms with Gasteiger partial charge < -0.3 is 15.4 Å². The molecule has 1 aromatic carbocycles. The molecule has 0 fully saturated rings. The van der Waals surface area contributed by atoms with Crippen LogP contribution in [-0.2, 0) is 13.1 Å². The highest BCUT2D eigenvalue weighted by molar-refractivity contribution is 7.12. The number of hydrogen-bond acceptors (Lipinski definition) is 4. The standard InChI is InChI=1S/C14H18N2OS/c1-16(10-14-8-7-13(9-15)18-14)11-3-5-12(17-2)6-4-11/h3-8H,9-10,15H2,1-2H3. The maximum atomic E-state index is 5.62. The van der Waals surface area contributed by atoms with Gasteiger partial charge in [-0.1, -0.05) is 0 Å². The fraction of sp³-hybridized carbons (Fsp3) is 0.286. The third-order valence-electron chi connectivity index (χ3n) is 2.82. The number of nitrogens with zero attached hydrogens (tertiary/aromatic N) is 1. The maximum absolute atomic E-state index is 5.62. The molecule has 4 heteroatoms. The van der Waals surface area contributed by atoms with Crippen molar-refractivity contribution >= 4 is 17.0 Å². The average molecular weight is 262 g/mol. The van der Waals surface area contributed by atoms with Gasteiger partial charge in [0, 0.05) is 29.0 Å². The van der Waals surface area contributed by atoms with Gasteiger partial charge in [-0.25, -0.2) is 0 Å². The van der Waals surface area contributed by atoms with Crippen LogP contribution >= 0.6 is 11.3 Å². The van der Waals surface area contributed by atoms with E-state index in [0.717, 1.165) is 12.3 Å². The molecule has 1 aromatic heterocycles. The largest absolute Gasteiger partial charge is 0.497 e. The van der Waals surface area contributed by atoms with Crippen molar-refractivity contribution < 1.29 is 4.74 Å². The summed E-state index contributed by atoms with van der Waals surface area (Å²) in [6.45, 7) is 1.52. The molecule has 0 bridgehead atoms. The second-order valence-electron chi connectivity index (χ2n) is 4.13. The lowest BCUT2D eigenvalue weighted by Crippen LogP contribution is -2.15. The van der Waals surface area contributed by atoms with Crippen molar-refractivity contribution in [1.82, 2.24) is 0 Å². The van der Waals surface area contributed by atoms with E-state index in [2.05, 4.69) is 36.2 Å². The molecule has 0 radical (unpaired) electrons. The van der Waals surface area contributed by atoms with Crippen LogP contribution in [0.25, 0.3) is 0 Å². The zero-order valence-corrected chi connectivity index (χ0v) is 11.5. The van der Waals surface area contributed by atoms with E-state index in [1.165, 1.54) is 15.4 Å². The van der Waals surface area contributed by atoms with Crippen molar-refractivity contribution in [3.05, 3.63) is 46.2 Å². The first-order chi connectivity index (χ1) is 8.72. The van der Waals surface area contributed by atoms with Crippen molar-refractivity contribution in [2.24, 2.45) is 5.73 Å². The molecule has 0 spiro atoms. The Morgan fingerprint density at radius 3 is 2.33 bits per heavy atom. The predicted molar refractivity (Wildman–Crippen MR) is 77.3 cm³/mol. The lowest BCUT2D eigenvalue weighted by Gasteiger charge is -2.18. The number of methoxy groups -OCH3 is 1. The number of rotatable bonds is 5. The van der Waals surface area contributed by atoms with E-state index >= 15 is 0 Å². The van der Waals surface area contributed by atoms with Crippen molar-refractivity contribution in [3.63, 3.8) is 0 Å². The molecule has 0 amide bonds. The first kappa shape index (κ1) is 12.9. The fourth-order valence-corrected chi connectivity index (χ4v) is 2.73. The van der Waals surface area contributed by atoms with Gasteiger partial charge in [-0.2, -0.15) is 0 Å². The predicted octanol–water partition coefficient (Wildman–Crippen LogP) is 2.85. The molecular weight excluding hydrogens is 244 g/mol. The Morgan fingerprint density at radius 1 is 1.11 bits per heavy atom. The van der Waals surface area contributed by atoms with Gasteiger partial charge >= 0.3 is 0 Å². The topological polar surface area (TPSA) is 38.5 Å². The Kier molecular flexibility index (Phi) is 4.23. The molecule has 1 heterocycles. The molecule has 2 rings (SSSR count). The normalized spacial score (nSPS) is 10.4. The number of nitrogens with two attached hydrogens (primary N) is 1. The molecular formula is C14H18N2OS. The second kappa shape index (κ2) is 5.89. The first-order valence-electron chi connectivity index (χ1n) is 5.86. The molecule has 2 N–H and O–H groups in total. The quantitative estimate of drug-likeness (QED) is 0.900. The van der Waals surface area contributed by atoms with Crippen LogP contribution in [0.4, 0.5) is 5.69 Å². The van der Waals surface area contributed by atoms with E-state index in [0.29, 0.717) is 6.54 Å². The number of benzene rings is 1. The number of anilines is 1. The van der Waals surface area contributed by atoms with Crippen molar-refractivity contribution in [2.45, 2.75) is 13.1 Å². The van der Waals surface area contributed by atoms with E-state index in [4.69, 9.17) is 10.5 Å². The highest BCUT2D eigenvalue weighted by Crippen LogP contribution is 2.22. The van der Waals surface area contributed by atoms with Gasteiger partial charge in [0.25, 0.3) is 0 Å². The minimum Gasteiger partial charge on any atom is -0.497 e. The monoisotopic (exact) mass is 262 g/mol. The van der Waals surface area contributed by atoms with Gasteiger partial charge in [-0.05, 0) is 36.4 Å². The van der Waals surface area contributed by atoms with Gasteiger partial charge in [0.15, 0.2) is 0 Å². The van der Waals surface area contributed by atoms with Gasteiger partial charge in [-0.3, -0.25) is 0 Å². The third-order valence-corrected chi connectivity index (χ3v) is 3.92. The van der Waals surface area contributed by atoms with E-state index in [1.54, 1.807) is 18.4 Å². The van der Waals surface area contributed by atoms with Gasteiger partial charge in [0.05, 0.1) is 13.7 Å². The summed E-state index contributed by atoms with van der Waals surface area (Å²) in [5.74, 6) is 0.883. The zero-order chi connectivity index (χ0) is 13.0. The molecule has 0 aliphatic heterocycles. The highest BCUT2D eigenvalue weighted by atomic mass is 32.1. The molecule has 2 aromatic rings. The molecule has 0 atom stereocenters. The maximum Gasteiger partial charge on any atom is 0.119 e. The first-order valence-corrected chi connectivity index (χ1v) is 6.67. The Hall–Kier alpha value is -1.52. The summed E-state index contributed by atoms with van der Waals surface area (Å²) in [6.07, 6.45) is 0. The van der Waals surface area contributed by atoms with E-state index in [-0.39, 0.29) is 0 Å². The average Bonchev–Trinajstić information content (AvgIpc) is 2.86. The molecule has 3 nitrogen and oxygen atoms in total. The lowest BCUT2D eigenvalue weighted by atomic mass is 10.2. The minimum atomic E-state index is 0.622. The Morgan fingerprint density at radius 2 is 1.78 bits per heavy atom. The van der Waals surface area contributed by atoms with Crippen LogP contribution in [0.2, 0.25) is 0 Å².